The summed E-state index contributed by atoms with van der Waals surface area (Å²) in [4.78, 5) is 33.1. The lowest BCUT2D eigenvalue weighted by Crippen LogP contribution is -2.55. The van der Waals surface area contributed by atoms with Crippen LogP contribution in [0.15, 0.2) is 18.2 Å². The molecule has 1 fully saturated rings. The Labute approximate surface area is 117 Å². The number of rotatable bonds is 4. The molecular weight excluding hydrogens is 287 g/mol. The zero-order valence-corrected chi connectivity index (χ0v) is 10.7. The maximum Gasteiger partial charge on any atom is 0.331 e. The standard InChI is InChI=1S/C12H11FN2O6/c13-9-2-1-7(15(19)20)5-8(9)10(16)14-12(11(17)18)3-4-21-6-12/h1-2,5H,3-4,6H2,(H,14,16)(H,17,18). The normalized spacial score (nSPS) is 21.0. The van der Waals surface area contributed by atoms with Gasteiger partial charge in [-0.15, -0.1) is 0 Å². The van der Waals surface area contributed by atoms with Gasteiger partial charge in [0, 0.05) is 25.2 Å². The number of halogens is 1. The van der Waals surface area contributed by atoms with Crippen LogP contribution >= 0.6 is 0 Å². The number of ether oxygens (including phenoxy) is 1. The minimum Gasteiger partial charge on any atom is -0.479 e. The van der Waals surface area contributed by atoms with Gasteiger partial charge in [0.2, 0.25) is 0 Å². The van der Waals surface area contributed by atoms with E-state index in [1.165, 1.54) is 0 Å². The fourth-order valence-electron chi connectivity index (χ4n) is 1.97. The molecular formula is C12H11FN2O6. The van der Waals surface area contributed by atoms with Crippen molar-refractivity contribution in [3.63, 3.8) is 0 Å². The van der Waals surface area contributed by atoms with Gasteiger partial charge in [0.25, 0.3) is 11.6 Å². The van der Waals surface area contributed by atoms with Gasteiger partial charge < -0.3 is 15.2 Å². The Hall–Kier alpha value is -2.55. The van der Waals surface area contributed by atoms with Crippen molar-refractivity contribution in [2.75, 3.05) is 13.2 Å². The van der Waals surface area contributed by atoms with E-state index >= 15 is 0 Å². The predicted octanol–water partition coefficient (Wildman–Crippen LogP) is 0.707. The van der Waals surface area contributed by atoms with E-state index in [0.29, 0.717) is 0 Å². The number of carboxylic acid groups (broad SMARTS) is 1. The number of nitro benzene ring substituents is 1. The lowest BCUT2D eigenvalue weighted by Gasteiger charge is -2.23. The second-order valence-corrected chi connectivity index (χ2v) is 4.57. The molecule has 0 radical (unpaired) electrons. The average molecular weight is 298 g/mol. The minimum atomic E-state index is -1.64. The molecule has 8 nitrogen and oxygen atoms in total. The first-order valence-electron chi connectivity index (χ1n) is 5.93. The van der Waals surface area contributed by atoms with Gasteiger partial charge in [-0.3, -0.25) is 14.9 Å². The number of nitro groups is 1. The quantitative estimate of drug-likeness (QED) is 0.624. The van der Waals surface area contributed by atoms with Crippen LogP contribution in [0.2, 0.25) is 0 Å². The third kappa shape index (κ3) is 2.82. The summed E-state index contributed by atoms with van der Waals surface area (Å²) in [6, 6.07) is 2.46. The molecule has 1 atom stereocenters. The average Bonchev–Trinajstić information content (AvgIpc) is 2.88. The molecule has 21 heavy (non-hydrogen) atoms. The van der Waals surface area contributed by atoms with Gasteiger partial charge >= 0.3 is 5.97 Å². The van der Waals surface area contributed by atoms with Crippen LogP contribution in [0.25, 0.3) is 0 Å². The van der Waals surface area contributed by atoms with E-state index in [9.17, 15) is 29.2 Å². The summed E-state index contributed by atoms with van der Waals surface area (Å²) >= 11 is 0. The molecule has 1 aliphatic rings. The van der Waals surface area contributed by atoms with E-state index in [0.717, 1.165) is 18.2 Å². The van der Waals surface area contributed by atoms with Crippen molar-refractivity contribution < 1.29 is 28.7 Å². The third-order valence-corrected chi connectivity index (χ3v) is 3.19. The van der Waals surface area contributed by atoms with Gasteiger partial charge in [-0.1, -0.05) is 0 Å². The highest BCUT2D eigenvalue weighted by molar-refractivity contribution is 5.98. The van der Waals surface area contributed by atoms with E-state index < -0.39 is 39.4 Å². The second kappa shape index (κ2) is 5.44. The number of aliphatic carboxylic acids is 1. The monoisotopic (exact) mass is 298 g/mol. The van der Waals surface area contributed by atoms with Crippen molar-refractivity contribution in [3.8, 4) is 0 Å². The predicted molar refractivity (Wildman–Crippen MR) is 66.3 cm³/mol. The minimum absolute atomic E-state index is 0.0324. The van der Waals surface area contributed by atoms with Crippen LogP contribution in [-0.2, 0) is 9.53 Å². The number of carbonyl (C=O) groups is 2. The maximum atomic E-state index is 13.6. The maximum absolute atomic E-state index is 13.6. The molecule has 1 amide bonds. The Morgan fingerprint density at radius 1 is 1.48 bits per heavy atom. The highest BCUT2D eigenvalue weighted by atomic mass is 19.1. The lowest BCUT2D eigenvalue weighted by molar-refractivity contribution is -0.384. The number of hydrogen-bond donors (Lipinski definition) is 2. The molecule has 0 bridgehead atoms. The van der Waals surface area contributed by atoms with E-state index in [1.54, 1.807) is 0 Å². The number of amides is 1. The number of hydrogen-bond acceptors (Lipinski definition) is 5. The molecule has 1 heterocycles. The van der Waals surface area contributed by atoms with E-state index in [1.807, 2.05) is 0 Å². The van der Waals surface area contributed by atoms with Gasteiger partial charge in [0.1, 0.15) is 5.82 Å². The van der Waals surface area contributed by atoms with Crippen molar-refractivity contribution in [1.29, 1.82) is 0 Å². The summed E-state index contributed by atoms with van der Waals surface area (Å²) < 4.78 is 18.6. The van der Waals surface area contributed by atoms with Crippen LogP contribution in [0, 0.1) is 15.9 Å². The Morgan fingerprint density at radius 3 is 2.71 bits per heavy atom. The zero-order valence-electron chi connectivity index (χ0n) is 10.7. The first-order chi connectivity index (χ1) is 9.85. The molecule has 0 spiro atoms. The molecule has 1 aliphatic heterocycles. The SMILES string of the molecule is O=C(NC1(C(=O)O)CCOC1)c1cc([N+](=O)[O-])ccc1F. The molecule has 0 aromatic heterocycles. The highest BCUT2D eigenvalue weighted by Gasteiger charge is 2.44. The second-order valence-electron chi connectivity index (χ2n) is 4.57. The fraction of sp³-hybridized carbons (Fsp3) is 0.333. The molecule has 1 aromatic rings. The number of nitrogens with zero attached hydrogens (tertiary/aromatic N) is 1. The van der Waals surface area contributed by atoms with Crippen LogP contribution in [0.4, 0.5) is 10.1 Å². The number of benzene rings is 1. The largest absolute Gasteiger partial charge is 0.479 e. The summed E-state index contributed by atoms with van der Waals surface area (Å²) in [6.07, 6.45) is 0.0324. The number of carbonyl (C=O) groups excluding carboxylic acids is 1. The summed E-state index contributed by atoms with van der Waals surface area (Å²) in [7, 11) is 0. The third-order valence-electron chi connectivity index (χ3n) is 3.19. The Morgan fingerprint density at radius 2 is 2.19 bits per heavy atom. The van der Waals surface area contributed by atoms with Crippen LogP contribution in [-0.4, -0.2) is 40.7 Å². The van der Waals surface area contributed by atoms with E-state index in [4.69, 9.17) is 4.74 Å². The summed E-state index contributed by atoms with van der Waals surface area (Å²) in [6.45, 7) is -0.103. The first-order valence-corrected chi connectivity index (χ1v) is 5.93. The number of nitrogens with one attached hydrogen (secondary N) is 1. The Balaban J connectivity index is 2.30. The molecule has 0 saturated carbocycles. The van der Waals surface area contributed by atoms with Gasteiger partial charge in [-0.05, 0) is 6.07 Å². The Kier molecular flexibility index (Phi) is 3.85. The van der Waals surface area contributed by atoms with Crippen LogP contribution < -0.4 is 5.32 Å². The summed E-state index contributed by atoms with van der Waals surface area (Å²) in [5.74, 6) is -3.32. The van der Waals surface area contributed by atoms with Crippen molar-refractivity contribution in [2.45, 2.75) is 12.0 Å². The number of carboxylic acids is 1. The van der Waals surface area contributed by atoms with Crippen LogP contribution in [0.5, 0.6) is 0 Å². The summed E-state index contributed by atoms with van der Waals surface area (Å²) in [5.41, 5.74) is -2.70. The first kappa shape index (κ1) is 14.9. The lowest BCUT2D eigenvalue weighted by atomic mass is 9.98. The Bertz CT molecular complexity index is 612. The van der Waals surface area contributed by atoms with Crippen molar-refractivity contribution >= 4 is 17.6 Å². The molecule has 0 aliphatic carbocycles. The molecule has 112 valence electrons. The molecule has 1 unspecified atom stereocenters. The molecule has 2 rings (SSSR count). The van der Waals surface area contributed by atoms with Crippen molar-refractivity contribution in [3.05, 3.63) is 39.7 Å². The van der Waals surface area contributed by atoms with E-state index in [2.05, 4.69) is 5.32 Å². The van der Waals surface area contributed by atoms with Gasteiger partial charge in [0.15, 0.2) is 5.54 Å². The molecule has 1 saturated heterocycles. The number of non-ortho nitro benzene ring substituents is 1. The smallest absolute Gasteiger partial charge is 0.331 e. The van der Waals surface area contributed by atoms with Crippen LogP contribution in [0.3, 0.4) is 0 Å². The molecule has 1 aromatic carbocycles. The highest BCUT2D eigenvalue weighted by Crippen LogP contribution is 2.22. The fourth-order valence-corrected chi connectivity index (χ4v) is 1.97. The van der Waals surface area contributed by atoms with Gasteiger partial charge in [0.05, 0.1) is 17.1 Å². The van der Waals surface area contributed by atoms with E-state index in [-0.39, 0.29) is 19.6 Å². The zero-order chi connectivity index (χ0) is 15.6. The van der Waals surface area contributed by atoms with Gasteiger partial charge in [-0.2, -0.15) is 0 Å². The topological polar surface area (TPSA) is 119 Å². The van der Waals surface area contributed by atoms with Gasteiger partial charge in [-0.25, -0.2) is 9.18 Å². The molecule has 9 heteroatoms. The van der Waals surface area contributed by atoms with Crippen molar-refractivity contribution in [1.82, 2.24) is 5.32 Å². The van der Waals surface area contributed by atoms with Crippen molar-refractivity contribution in [2.24, 2.45) is 0 Å². The summed E-state index contributed by atoms with van der Waals surface area (Å²) in [5, 5.41) is 22.0. The molecule has 2 N–H and O–H groups in total. The van der Waals surface area contributed by atoms with Crippen LogP contribution in [0.1, 0.15) is 16.8 Å².